The number of ether oxygens (including phenoxy) is 2. The number of pyridine rings is 1. The molecular formula is C24H26FN7O3. The van der Waals surface area contributed by atoms with Gasteiger partial charge in [-0.3, -0.25) is 4.79 Å². The van der Waals surface area contributed by atoms with Gasteiger partial charge in [0.2, 0.25) is 5.95 Å². The quantitative estimate of drug-likeness (QED) is 0.448. The van der Waals surface area contributed by atoms with Crippen molar-refractivity contribution in [1.82, 2.24) is 29.5 Å². The zero-order valence-electron chi connectivity index (χ0n) is 19.5. The van der Waals surface area contributed by atoms with Crippen LogP contribution in [0.2, 0.25) is 0 Å². The van der Waals surface area contributed by atoms with Crippen LogP contribution in [0.1, 0.15) is 31.4 Å². The topological polar surface area (TPSA) is 123 Å². The Morgan fingerprint density at radius 1 is 1.29 bits per heavy atom. The molecule has 4 aromatic rings. The second-order valence-electron chi connectivity index (χ2n) is 8.67. The Morgan fingerprint density at radius 2 is 2.09 bits per heavy atom. The largest absolute Gasteiger partial charge is 0.494 e. The third-order valence-corrected chi connectivity index (χ3v) is 6.52. The minimum Gasteiger partial charge on any atom is -0.494 e. The summed E-state index contributed by atoms with van der Waals surface area (Å²) in [6.45, 7) is 3.75. The summed E-state index contributed by atoms with van der Waals surface area (Å²) in [6.07, 6.45) is 5.35. The molecule has 2 N–H and O–H groups in total. The van der Waals surface area contributed by atoms with Crippen LogP contribution in [0.4, 0.5) is 10.3 Å². The maximum absolute atomic E-state index is 14.2. The number of methoxy groups -OCH3 is 1. The van der Waals surface area contributed by atoms with Crippen molar-refractivity contribution in [3.8, 4) is 17.1 Å². The molecule has 0 spiro atoms. The van der Waals surface area contributed by atoms with Crippen molar-refractivity contribution in [2.24, 2.45) is 5.92 Å². The summed E-state index contributed by atoms with van der Waals surface area (Å²) in [5.74, 6) is 0.134. The van der Waals surface area contributed by atoms with Crippen molar-refractivity contribution in [3.05, 3.63) is 58.4 Å². The van der Waals surface area contributed by atoms with Crippen LogP contribution in [0.25, 0.3) is 22.3 Å². The summed E-state index contributed by atoms with van der Waals surface area (Å²) in [6, 6.07) is 6.27. The van der Waals surface area contributed by atoms with E-state index in [1.54, 1.807) is 21.5 Å². The Bertz CT molecular complexity index is 1430. The van der Waals surface area contributed by atoms with E-state index in [1.807, 2.05) is 12.3 Å². The molecule has 11 heteroatoms. The highest BCUT2D eigenvalue weighted by Gasteiger charge is 2.23. The fourth-order valence-electron chi connectivity index (χ4n) is 4.62. The lowest BCUT2D eigenvalue weighted by atomic mass is 9.92. The van der Waals surface area contributed by atoms with Gasteiger partial charge in [0.1, 0.15) is 28.5 Å². The van der Waals surface area contributed by atoms with E-state index < -0.39 is 5.82 Å². The number of benzene rings is 1. The molecule has 0 radical (unpaired) electrons. The van der Waals surface area contributed by atoms with E-state index in [2.05, 4.69) is 27.2 Å². The summed E-state index contributed by atoms with van der Waals surface area (Å²) < 4.78 is 28.3. The van der Waals surface area contributed by atoms with E-state index in [9.17, 15) is 9.18 Å². The van der Waals surface area contributed by atoms with Gasteiger partial charge in [0, 0.05) is 42.5 Å². The molecule has 10 nitrogen and oxygen atoms in total. The number of aromatic nitrogens is 6. The number of hydrogen-bond acceptors (Lipinski definition) is 8. The van der Waals surface area contributed by atoms with Gasteiger partial charge >= 0.3 is 0 Å². The minimum absolute atomic E-state index is 0.00000380. The highest BCUT2D eigenvalue weighted by molar-refractivity contribution is 5.95. The first-order valence-electron chi connectivity index (χ1n) is 11.4. The van der Waals surface area contributed by atoms with Gasteiger partial charge in [-0.1, -0.05) is 11.3 Å². The van der Waals surface area contributed by atoms with Gasteiger partial charge in [0.25, 0.3) is 5.56 Å². The second kappa shape index (κ2) is 9.41. The third-order valence-electron chi connectivity index (χ3n) is 6.52. The van der Waals surface area contributed by atoms with E-state index in [4.69, 9.17) is 15.2 Å². The average molecular weight is 480 g/mol. The van der Waals surface area contributed by atoms with Gasteiger partial charge in [-0.25, -0.2) is 19.0 Å². The fraction of sp³-hybridized carbons (Fsp3) is 0.375. The molecule has 182 valence electrons. The van der Waals surface area contributed by atoms with Crippen molar-refractivity contribution >= 4 is 16.9 Å². The maximum atomic E-state index is 14.2. The van der Waals surface area contributed by atoms with Gasteiger partial charge in [-0.15, -0.1) is 5.10 Å². The third kappa shape index (κ3) is 4.46. The number of hydrogen-bond donors (Lipinski definition) is 1. The first kappa shape index (κ1) is 22.9. The van der Waals surface area contributed by atoms with Crippen LogP contribution in [0.3, 0.4) is 0 Å². The molecule has 35 heavy (non-hydrogen) atoms. The first-order chi connectivity index (χ1) is 16.9. The molecule has 0 unspecified atom stereocenters. The van der Waals surface area contributed by atoms with Crippen molar-refractivity contribution in [2.75, 3.05) is 26.1 Å². The number of fused-ring (bicyclic) bond motifs is 1. The Hall–Kier alpha value is -3.86. The molecule has 0 amide bonds. The standard InChI is InChI=1S/C24H26FN7O3/c1-14(15-5-8-35-9-6-15)32-7-3-4-16(23(32)33)12-31-13-19(29-30-31)21-18-10-17(25)11-20(34-2)22(18)28-24(26)27-21/h3-4,7,10-11,13-15H,5-6,8-9,12H2,1-2H3,(H2,26,27,28)/t14-/m1/s1. The molecule has 5 rings (SSSR count). The van der Waals surface area contributed by atoms with Crippen LogP contribution in [0.5, 0.6) is 5.75 Å². The minimum atomic E-state index is -0.500. The van der Waals surface area contributed by atoms with E-state index in [0.717, 1.165) is 26.1 Å². The van der Waals surface area contributed by atoms with Crippen LogP contribution in [-0.2, 0) is 11.3 Å². The van der Waals surface area contributed by atoms with Gasteiger partial charge in [-0.05, 0) is 37.8 Å². The van der Waals surface area contributed by atoms with Crippen LogP contribution >= 0.6 is 0 Å². The van der Waals surface area contributed by atoms with Crippen LogP contribution in [-0.4, -0.2) is 49.9 Å². The monoisotopic (exact) mass is 479 g/mol. The highest BCUT2D eigenvalue weighted by atomic mass is 19.1. The normalized spacial score (nSPS) is 15.4. The Labute approximate surface area is 200 Å². The van der Waals surface area contributed by atoms with E-state index in [0.29, 0.717) is 33.8 Å². The van der Waals surface area contributed by atoms with Crippen molar-refractivity contribution in [1.29, 1.82) is 0 Å². The number of rotatable bonds is 6. The Balaban J connectivity index is 1.46. The lowest BCUT2D eigenvalue weighted by Gasteiger charge is -2.29. The number of nitrogens with two attached hydrogens (primary N) is 1. The molecule has 1 fully saturated rings. The second-order valence-corrected chi connectivity index (χ2v) is 8.67. The lowest BCUT2D eigenvalue weighted by Crippen LogP contribution is -2.32. The number of nitrogen functional groups attached to an aromatic ring is 1. The summed E-state index contributed by atoms with van der Waals surface area (Å²) >= 11 is 0. The van der Waals surface area contributed by atoms with Crippen LogP contribution < -0.4 is 16.0 Å². The van der Waals surface area contributed by atoms with Crippen LogP contribution in [0.15, 0.2) is 41.5 Å². The molecule has 1 aromatic carbocycles. The fourth-order valence-corrected chi connectivity index (χ4v) is 4.62. The molecule has 4 heterocycles. The predicted molar refractivity (Wildman–Crippen MR) is 128 cm³/mol. The Kier molecular flexibility index (Phi) is 6.16. The predicted octanol–water partition coefficient (Wildman–Crippen LogP) is 2.82. The van der Waals surface area contributed by atoms with Gasteiger partial charge in [0.15, 0.2) is 0 Å². The van der Waals surface area contributed by atoms with E-state index in [-0.39, 0.29) is 29.8 Å². The first-order valence-corrected chi connectivity index (χ1v) is 11.4. The number of anilines is 1. The zero-order valence-corrected chi connectivity index (χ0v) is 19.5. The smallest absolute Gasteiger partial charge is 0.255 e. The summed E-state index contributed by atoms with van der Waals surface area (Å²) in [5, 5.41) is 8.77. The van der Waals surface area contributed by atoms with Crippen LogP contribution in [0, 0.1) is 11.7 Å². The SMILES string of the molecule is COc1cc(F)cc2c(-c3cn(Cc4cccn([C@H](C)C5CCOCC5)c4=O)nn3)nc(N)nc12. The molecule has 0 saturated carbocycles. The van der Waals surface area contributed by atoms with Gasteiger partial charge < -0.3 is 19.8 Å². The van der Waals surface area contributed by atoms with E-state index in [1.165, 1.54) is 19.2 Å². The van der Waals surface area contributed by atoms with E-state index >= 15 is 0 Å². The van der Waals surface area contributed by atoms with Gasteiger partial charge in [-0.2, -0.15) is 0 Å². The molecular weight excluding hydrogens is 453 g/mol. The molecule has 1 atom stereocenters. The molecule has 1 aliphatic heterocycles. The molecule has 1 saturated heterocycles. The molecule has 0 aliphatic carbocycles. The van der Waals surface area contributed by atoms with Crippen molar-refractivity contribution in [3.63, 3.8) is 0 Å². The molecule has 1 aliphatic rings. The number of halogens is 1. The van der Waals surface area contributed by atoms with Gasteiger partial charge in [0.05, 0.1) is 19.9 Å². The highest BCUT2D eigenvalue weighted by Crippen LogP contribution is 2.32. The van der Waals surface area contributed by atoms with Crippen molar-refractivity contribution < 1.29 is 13.9 Å². The molecule has 0 bridgehead atoms. The number of nitrogens with zero attached hydrogens (tertiary/aromatic N) is 6. The summed E-state index contributed by atoms with van der Waals surface area (Å²) in [5.41, 5.74) is 7.51. The molecule has 3 aromatic heterocycles. The van der Waals surface area contributed by atoms with Crippen molar-refractivity contribution in [2.45, 2.75) is 32.4 Å². The average Bonchev–Trinajstić information content (AvgIpc) is 3.33. The Morgan fingerprint density at radius 3 is 2.86 bits per heavy atom. The maximum Gasteiger partial charge on any atom is 0.255 e. The zero-order chi connectivity index (χ0) is 24.5. The lowest BCUT2D eigenvalue weighted by molar-refractivity contribution is 0.0508. The summed E-state index contributed by atoms with van der Waals surface area (Å²) in [7, 11) is 1.43. The summed E-state index contributed by atoms with van der Waals surface area (Å²) in [4.78, 5) is 21.7.